The maximum absolute atomic E-state index is 13.1. The molecule has 4 heteroatoms. The van der Waals surface area contributed by atoms with Gasteiger partial charge in [0.1, 0.15) is 5.82 Å². The second kappa shape index (κ2) is 6.26. The first-order valence-electron chi connectivity index (χ1n) is 6.88. The highest BCUT2D eigenvalue weighted by Crippen LogP contribution is 2.31. The Labute approximate surface area is 133 Å². The zero-order valence-electron chi connectivity index (χ0n) is 11.8. The van der Waals surface area contributed by atoms with Crippen molar-refractivity contribution in [2.45, 2.75) is 6.54 Å². The van der Waals surface area contributed by atoms with E-state index in [-0.39, 0.29) is 5.82 Å². The molecule has 2 N–H and O–H groups in total. The fourth-order valence-corrected chi connectivity index (χ4v) is 2.43. The Morgan fingerprint density at radius 3 is 2.23 bits per heavy atom. The molecule has 2 nitrogen and oxygen atoms in total. The number of hydrogen-bond acceptors (Lipinski definition) is 2. The normalized spacial score (nSPS) is 10.7. The molecule has 1 heterocycles. The van der Waals surface area contributed by atoms with Crippen molar-refractivity contribution in [3.8, 4) is 22.4 Å². The van der Waals surface area contributed by atoms with E-state index in [1.807, 2.05) is 30.3 Å². The lowest BCUT2D eigenvalue weighted by Crippen LogP contribution is -1.99. The van der Waals surface area contributed by atoms with Gasteiger partial charge in [0.05, 0.1) is 5.69 Å². The Balaban J connectivity index is 2.17. The van der Waals surface area contributed by atoms with E-state index in [0.717, 1.165) is 27.9 Å². The molecule has 3 aromatic rings. The van der Waals surface area contributed by atoms with Crippen LogP contribution in [0.15, 0.2) is 60.8 Å². The molecule has 0 spiro atoms. The highest BCUT2D eigenvalue weighted by molar-refractivity contribution is 6.30. The molecule has 1 aromatic heterocycles. The summed E-state index contributed by atoms with van der Waals surface area (Å²) in [5.74, 6) is -0.268. The van der Waals surface area contributed by atoms with Crippen molar-refractivity contribution in [1.82, 2.24) is 4.98 Å². The molecule has 0 aliphatic carbocycles. The SMILES string of the molecule is NCc1cnc(-c2ccc(F)cc2)c(-c2ccc(Cl)cc2)c1. The van der Waals surface area contributed by atoms with Gasteiger partial charge in [0, 0.05) is 28.9 Å². The van der Waals surface area contributed by atoms with Crippen molar-refractivity contribution in [2.24, 2.45) is 5.73 Å². The van der Waals surface area contributed by atoms with Gasteiger partial charge in [0.25, 0.3) is 0 Å². The molecule has 0 aliphatic rings. The summed E-state index contributed by atoms with van der Waals surface area (Å²) in [6.07, 6.45) is 1.75. The summed E-state index contributed by atoms with van der Waals surface area (Å²) in [4.78, 5) is 4.51. The third-order valence-electron chi connectivity index (χ3n) is 3.45. The quantitative estimate of drug-likeness (QED) is 0.763. The highest BCUT2D eigenvalue weighted by Gasteiger charge is 2.10. The number of benzene rings is 2. The summed E-state index contributed by atoms with van der Waals surface area (Å²) in [7, 11) is 0. The van der Waals surface area contributed by atoms with Crippen LogP contribution >= 0.6 is 11.6 Å². The summed E-state index contributed by atoms with van der Waals surface area (Å²) in [6, 6.07) is 15.9. The van der Waals surface area contributed by atoms with Crippen molar-refractivity contribution in [1.29, 1.82) is 0 Å². The maximum atomic E-state index is 13.1. The van der Waals surface area contributed by atoms with Crippen LogP contribution in [-0.4, -0.2) is 4.98 Å². The summed E-state index contributed by atoms with van der Waals surface area (Å²) in [6.45, 7) is 0.414. The predicted molar refractivity (Wildman–Crippen MR) is 88.0 cm³/mol. The van der Waals surface area contributed by atoms with Gasteiger partial charge < -0.3 is 5.73 Å². The molecule has 0 atom stereocenters. The molecule has 0 saturated carbocycles. The molecule has 0 bridgehead atoms. The average Bonchev–Trinajstić information content (AvgIpc) is 2.56. The smallest absolute Gasteiger partial charge is 0.123 e. The van der Waals surface area contributed by atoms with Crippen molar-refractivity contribution in [3.63, 3.8) is 0 Å². The van der Waals surface area contributed by atoms with Crippen LogP contribution < -0.4 is 5.73 Å². The Morgan fingerprint density at radius 1 is 0.955 bits per heavy atom. The zero-order valence-corrected chi connectivity index (χ0v) is 12.5. The van der Waals surface area contributed by atoms with Gasteiger partial charge in [-0.3, -0.25) is 4.98 Å². The summed E-state index contributed by atoms with van der Waals surface area (Å²) >= 11 is 5.95. The largest absolute Gasteiger partial charge is 0.326 e. The summed E-state index contributed by atoms with van der Waals surface area (Å²) in [5.41, 5.74) is 10.2. The number of rotatable bonds is 3. The van der Waals surface area contributed by atoms with Gasteiger partial charge in [0.15, 0.2) is 0 Å². The highest BCUT2D eigenvalue weighted by atomic mass is 35.5. The van der Waals surface area contributed by atoms with E-state index in [4.69, 9.17) is 17.3 Å². The van der Waals surface area contributed by atoms with Crippen molar-refractivity contribution < 1.29 is 4.39 Å². The van der Waals surface area contributed by atoms with Crippen molar-refractivity contribution in [3.05, 3.63) is 77.2 Å². The van der Waals surface area contributed by atoms with Crippen molar-refractivity contribution in [2.75, 3.05) is 0 Å². The van der Waals surface area contributed by atoms with Gasteiger partial charge in [0.2, 0.25) is 0 Å². The van der Waals surface area contributed by atoms with Crippen LogP contribution in [0.2, 0.25) is 5.02 Å². The lowest BCUT2D eigenvalue weighted by Gasteiger charge is -2.11. The first-order chi connectivity index (χ1) is 10.7. The van der Waals surface area contributed by atoms with Gasteiger partial charge in [-0.15, -0.1) is 0 Å². The van der Waals surface area contributed by atoms with E-state index in [0.29, 0.717) is 11.6 Å². The topological polar surface area (TPSA) is 38.9 Å². The molecule has 110 valence electrons. The molecule has 0 amide bonds. The number of hydrogen-bond donors (Lipinski definition) is 1. The van der Waals surface area contributed by atoms with E-state index in [1.54, 1.807) is 18.3 Å². The van der Waals surface area contributed by atoms with Crippen LogP contribution in [0.25, 0.3) is 22.4 Å². The maximum Gasteiger partial charge on any atom is 0.123 e. The second-order valence-corrected chi connectivity index (χ2v) is 5.39. The van der Waals surface area contributed by atoms with Crippen LogP contribution in [0.5, 0.6) is 0 Å². The van der Waals surface area contributed by atoms with E-state index >= 15 is 0 Å². The first-order valence-corrected chi connectivity index (χ1v) is 7.26. The van der Waals surface area contributed by atoms with Gasteiger partial charge >= 0.3 is 0 Å². The zero-order chi connectivity index (χ0) is 15.5. The van der Waals surface area contributed by atoms with E-state index in [2.05, 4.69) is 4.98 Å². The van der Waals surface area contributed by atoms with Gasteiger partial charge in [-0.1, -0.05) is 23.7 Å². The number of halogens is 2. The molecular weight excluding hydrogens is 299 g/mol. The molecule has 0 radical (unpaired) electrons. The number of pyridine rings is 1. The van der Waals surface area contributed by atoms with Gasteiger partial charge in [-0.05, 0) is 53.6 Å². The van der Waals surface area contributed by atoms with Crippen LogP contribution in [0.1, 0.15) is 5.56 Å². The lowest BCUT2D eigenvalue weighted by atomic mass is 9.98. The lowest BCUT2D eigenvalue weighted by molar-refractivity contribution is 0.628. The molecule has 22 heavy (non-hydrogen) atoms. The molecule has 0 saturated heterocycles. The minimum absolute atomic E-state index is 0.268. The van der Waals surface area contributed by atoms with Crippen LogP contribution in [-0.2, 0) is 6.54 Å². The first kappa shape index (κ1) is 14.7. The third-order valence-corrected chi connectivity index (χ3v) is 3.70. The van der Waals surface area contributed by atoms with Crippen molar-refractivity contribution >= 4 is 11.6 Å². The predicted octanol–water partition coefficient (Wildman–Crippen LogP) is 4.67. The average molecular weight is 313 g/mol. The molecule has 0 fully saturated rings. The monoisotopic (exact) mass is 312 g/mol. The summed E-state index contributed by atoms with van der Waals surface area (Å²) in [5, 5.41) is 0.676. The van der Waals surface area contributed by atoms with Gasteiger partial charge in [-0.2, -0.15) is 0 Å². The fraction of sp³-hybridized carbons (Fsp3) is 0.0556. The number of nitrogens with two attached hydrogens (primary N) is 1. The standard InChI is InChI=1S/C18H14ClFN2/c19-15-5-1-13(2-6-15)17-9-12(10-21)11-22-18(17)14-3-7-16(20)8-4-14/h1-9,11H,10,21H2. The molecule has 0 aliphatic heterocycles. The Morgan fingerprint density at radius 2 is 1.59 bits per heavy atom. The molecule has 0 unspecified atom stereocenters. The number of nitrogens with zero attached hydrogens (tertiary/aromatic N) is 1. The second-order valence-electron chi connectivity index (χ2n) is 4.96. The minimum Gasteiger partial charge on any atom is -0.326 e. The van der Waals surface area contributed by atoms with Crippen LogP contribution in [0, 0.1) is 5.82 Å². The van der Waals surface area contributed by atoms with E-state index < -0.39 is 0 Å². The Hall–Kier alpha value is -2.23. The molecule has 2 aromatic carbocycles. The Kier molecular flexibility index (Phi) is 4.18. The van der Waals surface area contributed by atoms with E-state index in [9.17, 15) is 4.39 Å². The van der Waals surface area contributed by atoms with E-state index in [1.165, 1.54) is 12.1 Å². The summed E-state index contributed by atoms with van der Waals surface area (Å²) < 4.78 is 13.1. The minimum atomic E-state index is -0.268. The van der Waals surface area contributed by atoms with Crippen LogP contribution in [0.4, 0.5) is 4.39 Å². The number of aromatic nitrogens is 1. The molecular formula is C18H14ClFN2. The third kappa shape index (κ3) is 3.01. The van der Waals surface area contributed by atoms with Gasteiger partial charge in [-0.25, -0.2) is 4.39 Å². The fourth-order valence-electron chi connectivity index (χ4n) is 2.31. The molecule has 3 rings (SSSR count). The van der Waals surface area contributed by atoms with Crippen LogP contribution in [0.3, 0.4) is 0 Å². The Bertz CT molecular complexity index is 783.